The van der Waals surface area contributed by atoms with Gasteiger partial charge < -0.3 is 21.3 Å². The third kappa shape index (κ3) is 6.65. The van der Waals surface area contributed by atoms with Crippen LogP contribution < -0.4 is 16.4 Å². The van der Waals surface area contributed by atoms with Crippen LogP contribution in [0.4, 0.5) is 5.69 Å². The van der Waals surface area contributed by atoms with Crippen LogP contribution in [-0.4, -0.2) is 47.0 Å². The largest absolute Gasteiger partial charge is 0.342 e. The molecule has 9 nitrogen and oxygen atoms in total. The quantitative estimate of drug-likeness (QED) is 0.315. The Morgan fingerprint density at radius 1 is 0.930 bits per heavy atom. The Kier molecular flexibility index (Phi) is 9.28. The first kappa shape index (κ1) is 29.7. The molecular formula is C34H35N5O4. The molecule has 2 aliphatic rings. The first-order chi connectivity index (χ1) is 20.9. The van der Waals surface area contributed by atoms with Gasteiger partial charge in [-0.25, -0.2) is 0 Å². The third-order valence-corrected chi connectivity index (χ3v) is 8.27. The molecule has 0 bridgehead atoms. The van der Waals surface area contributed by atoms with Crippen LogP contribution in [0, 0.1) is 11.3 Å². The molecule has 0 fully saturated rings. The van der Waals surface area contributed by atoms with Crippen LogP contribution in [0.15, 0.2) is 66.7 Å². The molecule has 5 rings (SSSR count). The van der Waals surface area contributed by atoms with E-state index in [-0.39, 0.29) is 50.5 Å². The van der Waals surface area contributed by atoms with Crippen molar-refractivity contribution >= 4 is 29.2 Å². The van der Waals surface area contributed by atoms with E-state index in [4.69, 9.17) is 5.73 Å². The fourth-order valence-corrected chi connectivity index (χ4v) is 5.97. The number of hydrogen-bond acceptors (Lipinski definition) is 6. The highest BCUT2D eigenvalue weighted by Gasteiger charge is 2.36. The number of carbonyl (C=O) groups is 4. The number of benzene rings is 3. The molecule has 0 saturated heterocycles. The Labute approximate surface area is 251 Å². The minimum atomic E-state index is -0.967. The average Bonchev–Trinajstić information content (AvgIpc) is 3.52. The Balaban J connectivity index is 1.31. The molecule has 4 N–H and O–H groups in total. The molecule has 1 aliphatic heterocycles. The monoisotopic (exact) mass is 577 g/mol. The van der Waals surface area contributed by atoms with Crippen molar-refractivity contribution in [3.63, 3.8) is 0 Å². The second-order valence-electron chi connectivity index (χ2n) is 11.0. The molecule has 0 radical (unpaired) electrons. The van der Waals surface area contributed by atoms with Crippen molar-refractivity contribution < 1.29 is 19.2 Å². The number of aryl methyl sites for hydroxylation is 1. The Hall–Kier alpha value is -4.81. The average molecular weight is 578 g/mol. The predicted molar refractivity (Wildman–Crippen MR) is 162 cm³/mol. The van der Waals surface area contributed by atoms with E-state index in [1.165, 1.54) is 4.90 Å². The number of nitrogens with zero attached hydrogens (tertiary/aromatic N) is 2. The molecule has 3 amide bonds. The van der Waals surface area contributed by atoms with E-state index in [1.807, 2.05) is 36.4 Å². The van der Waals surface area contributed by atoms with Crippen molar-refractivity contribution in [2.45, 2.75) is 63.6 Å². The van der Waals surface area contributed by atoms with Gasteiger partial charge in [-0.15, -0.1) is 0 Å². The molecule has 3 aromatic rings. The van der Waals surface area contributed by atoms with Gasteiger partial charge in [0.05, 0.1) is 11.3 Å². The van der Waals surface area contributed by atoms with E-state index >= 15 is 0 Å². The lowest BCUT2D eigenvalue weighted by atomic mass is 9.92. The van der Waals surface area contributed by atoms with Gasteiger partial charge in [-0.05, 0) is 60.5 Å². The Morgan fingerprint density at radius 3 is 2.42 bits per heavy atom. The highest BCUT2D eigenvalue weighted by Crippen LogP contribution is 2.30. The highest BCUT2D eigenvalue weighted by atomic mass is 16.2. The highest BCUT2D eigenvalue weighted by molar-refractivity contribution is 6.00. The van der Waals surface area contributed by atoms with Gasteiger partial charge in [-0.1, -0.05) is 60.7 Å². The SMILES string of the molecule is N#Cc1c(NC(=O)C(CCN)NC(=O)C2Cc3ccccc3CN2C(=O)CCC(=O)c2ccccc2)ccc2c1CCC2. The number of nitriles is 1. The molecule has 1 heterocycles. The second kappa shape index (κ2) is 13.4. The maximum atomic E-state index is 13.8. The van der Waals surface area contributed by atoms with Crippen LogP contribution in [0.3, 0.4) is 0 Å². The summed E-state index contributed by atoms with van der Waals surface area (Å²) in [6.07, 6.45) is 3.09. The first-order valence-corrected chi connectivity index (χ1v) is 14.7. The third-order valence-electron chi connectivity index (χ3n) is 8.27. The zero-order valence-corrected chi connectivity index (χ0v) is 24.0. The van der Waals surface area contributed by atoms with E-state index in [0.717, 1.165) is 41.5 Å². The molecular weight excluding hydrogens is 542 g/mol. The summed E-state index contributed by atoms with van der Waals surface area (Å²) in [5.74, 6) is -1.40. The standard InChI is InChI=1S/C34H35N5O4/c35-18-17-29(33(42)37-28-14-13-22-11-6-12-26(22)27(28)20-36)38-34(43)30-19-24-9-4-5-10-25(24)21-39(30)32(41)16-15-31(40)23-7-2-1-3-8-23/h1-5,7-10,13-14,29-30H,6,11-12,15-19,21,35H2,(H,37,42)(H,38,43). The number of carbonyl (C=O) groups excluding carboxylic acids is 4. The van der Waals surface area contributed by atoms with Gasteiger partial charge in [0.1, 0.15) is 18.2 Å². The fourth-order valence-electron chi connectivity index (χ4n) is 5.97. The first-order valence-electron chi connectivity index (χ1n) is 14.7. The second-order valence-corrected chi connectivity index (χ2v) is 11.0. The number of nitrogens with one attached hydrogen (secondary N) is 2. The van der Waals surface area contributed by atoms with Gasteiger partial charge in [0.2, 0.25) is 17.7 Å². The molecule has 2 atom stereocenters. The van der Waals surface area contributed by atoms with Crippen molar-refractivity contribution in [2.24, 2.45) is 5.73 Å². The molecule has 9 heteroatoms. The Bertz CT molecular complexity index is 1580. The number of nitrogens with two attached hydrogens (primary N) is 1. The van der Waals surface area contributed by atoms with E-state index in [0.29, 0.717) is 16.8 Å². The van der Waals surface area contributed by atoms with Gasteiger partial charge in [0.25, 0.3) is 0 Å². The van der Waals surface area contributed by atoms with Crippen molar-refractivity contribution in [1.82, 2.24) is 10.2 Å². The molecule has 0 saturated carbocycles. The molecule has 43 heavy (non-hydrogen) atoms. The maximum absolute atomic E-state index is 13.8. The lowest BCUT2D eigenvalue weighted by Gasteiger charge is -2.36. The van der Waals surface area contributed by atoms with Crippen LogP contribution in [0.5, 0.6) is 0 Å². The number of amides is 3. The van der Waals surface area contributed by atoms with Crippen molar-refractivity contribution in [3.8, 4) is 6.07 Å². The molecule has 1 aliphatic carbocycles. The number of fused-ring (bicyclic) bond motifs is 2. The zero-order chi connectivity index (χ0) is 30.3. The number of rotatable bonds is 10. The van der Waals surface area contributed by atoms with Crippen molar-refractivity contribution in [3.05, 3.63) is 100 Å². The predicted octanol–water partition coefficient (Wildman–Crippen LogP) is 3.44. The van der Waals surface area contributed by atoms with E-state index in [2.05, 4.69) is 16.7 Å². The maximum Gasteiger partial charge on any atom is 0.247 e. The van der Waals surface area contributed by atoms with E-state index in [1.54, 1.807) is 30.3 Å². The summed E-state index contributed by atoms with van der Waals surface area (Å²) >= 11 is 0. The summed E-state index contributed by atoms with van der Waals surface area (Å²) in [6, 6.07) is 20.5. The zero-order valence-electron chi connectivity index (χ0n) is 24.0. The van der Waals surface area contributed by atoms with E-state index < -0.39 is 23.9 Å². The molecule has 0 spiro atoms. The lowest BCUT2D eigenvalue weighted by Crippen LogP contribution is -2.56. The van der Waals surface area contributed by atoms with Gasteiger partial charge in [-0.2, -0.15) is 5.26 Å². The van der Waals surface area contributed by atoms with Gasteiger partial charge >= 0.3 is 0 Å². The summed E-state index contributed by atoms with van der Waals surface area (Å²) in [5.41, 5.74) is 11.2. The molecule has 2 unspecified atom stereocenters. The smallest absolute Gasteiger partial charge is 0.247 e. The van der Waals surface area contributed by atoms with Crippen LogP contribution >= 0.6 is 0 Å². The van der Waals surface area contributed by atoms with Gasteiger partial charge in [-0.3, -0.25) is 19.2 Å². The number of anilines is 1. The summed E-state index contributed by atoms with van der Waals surface area (Å²) in [5, 5.41) is 15.5. The van der Waals surface area contributed by atoms with Crippen LogP contribution in [0.25, 0.3) is 0 Å². The van der Waals surface area contributed by atoms with Gasteiger partial charge in [0, 0.05) is 31.4 Å². The van der Waals surface area contributed by atoms with Gasteiger partial charge in [0.15, 0.2) is 5.78 Å². The molecule has 3 aromatic carbocycles. The van der Waals surface area contributed by atoms with Crippen LogP contribution in [0.1, 0.15) is 63.9 Å². The van der Waals surface area contributed by atoms with E-state index in [9.17, 15) is 24.4 Å². The summed E-state index contributed by atoms with van der Waals surface area (Å²) in [4.78, 5) is 54.8. The number of ketones is 1. The number of Topliss-reactive ketones (excluding diaryl/α,β-unsaturated/α-hetero) is 1. The minimum absolute atomic E-state index is 0.0234. The topological polar surface area (TPSA) is 145 Å². The van der Waals surface area contributed by atoms with Crippen LogP contribution in [-0.2, 0) is 40.2 Å². The molecule has 0 aromatic heterocycles. The fraction of sp³-hybridized carbons (Fsp3) is 0.324. The Morgan fingerprint density at radius 2 is 1.67 bits per heavy atom. The molecule has 220 valence electrons. The minimum Gasteiger partial charge on any atom is -0.342 e. The van der Waals surface area contributed by atoms with Crippen LogP contribution in [0.2, 0.25) is 0 Å². The normalized spacial score (nSPS) is 15.9. The summed E-state index contributed by atoms with van der Waals surface area (Å²) in [6.45, 7) is 0.367. The summed E-state index contributed by atoms with van der Waals surface area (Å²) in [7, 11) is 0. The lowest BCUT2D eigenvalue weighted by molar-refractivity contribution is -0.142. The van der Waals surface area contributed by atoms with Crippen molar-refractivity contribution in [2.75, 3.05) is 11.9 Å². The number of hydrogen-bond donors (Lipinski definition) is 3. The van der Waals surface area contributed by atoms with Crippen molar-refractivity contribution in [1.29, 1.82) is 5.26 Å². The summed E-state index contributed by atoms with van der Waals surface area (Å²) < 4.78 is 0.